The van der Waals surface area contributed by atoms with Crippen molar-refractivity contribution in [1.82, 2.24) is 0 Å². The number of rotatable bonds is 3. The molecule has 2 rings (SSSR count). The van der Waals surface area contributed by atoms with E-state index in [0.717, 1.165) is 11.8 Å². The molecule has 84 valence electrons. The second-order valence-corrected chi connectivity index (χ2v) is 4.53. The average Bonchev–Trinajstić information content (AvgIpc) is 3.00. The summed E-state index contributed by atoms with van der Waals surface area (Å²) in [6, 6.07) is 2.92. The maximum absolute atomic E-state index is 14.0. The average molecular weight is 239 g/mol. The Bertz CT molecular complexity index is 479. The summed E-state index contributed by atoms with van der Waals surface area (Å²) in [6.07, 6.45) is 4.47. The lowest BCUT2D eigenvalue weighted by molar-refractivity contribution is 0.445. The summed E-state index contributed by atoms with van der Waals surface area (Å²) in [5.74, 6) is -0.566. The summed E-state index contributed by atoms with van der Waals surface area (Å²) in [7, 11) is 0. The molecular formula is C11H10FNO2S. The topological polar surface area (TPSA) is 49.7 Å². The van der Waals surface area contributed by atoms with Gasteiger partial charge in [0.25, 0.3) is 0 Å². The predicted molar refractivity (Wildman–Crippen MR) is 58.9 cm³/mol. The number of phenols is 1. The first-order valence-electron chi connectivity index (χ1n) is 4.79. The minimum absolute atomic E-state index is 0.0837. The van der Waals surface area contributed by atoms with Crippen LogP contribution in [0.5, 0.6) is 5.75 Å². The highest BCUT2D eigenvalue weighted by atomic mass is 32.2. The van der Waals surface area contributed by atoms with Crippen molar-refractivity contribution in [3.8, 4) is 5.75 Å². The zero-order valence-electron chi connectivity index (χ0n) is 8.66. The Hall–Kier alpha value is -1.32. The van der Waals surface area contributed by atoms with Gasteiger partial charge in [-0.25, -0.2) is 9.18 Å². The van der Waals surface area contributed by atoms with Gasteiger partial charge in [-0.2, -0.15) is 4.99 Å². The van der Waals surface area contributed by atoms with Gasteiger partial charge in [0.15, 0.2) is 0 Å². The van der Waals surface area contributed by atoms with Gasteiger partial charge >= 0.3 is 0 Å². The zero-order chi connectivity index (χ0) is 11.8. The molecule has 0 atom stereocenters. The molecule has 1 fully saturated rings. The molecule has 0 aromatic heterocycles. The summed E-state index contributed by atoms with van der Waals surface area (Å²) in [5, 5.41) is 9.46. The molecule has 1 aliphatic rings. The molecule has 0 radical (unpaired) electrons. The van der Waals surface area contributed by atoms with Gasteiger partial charge in [-0.05, 0) is 31.2 Å². The van der Waals surface area contributed by atoms with E-state index in [1.165, 1.54) is 18.2 Å². The second-order valence-electron chi connectivity index (χ2n) is 3.71. The first kappa shape index (κ1) is 11.2. The molecule has 1 aromatic carbocycles. The van der Waals surface area contributed by atoms with Gasteiger partial charge in [0, 0.05) is 5.56 Å². The number of aliphatic imine (C=N–C) groups is 1. The third-order valence-corrected chi connectivity index (χ3v) is 3.56. The van der Waals surface area contributed by atoms with E-state index >= 15 is 0 Å². The van der Waals surface area contributed by atoms with E-state index in [4.69, 9.17) is 0 Å². The number of carbonyl (C=O) groups excluding carboxylic acids is 1. The van der Waals surface area contributed by atoms with E-state index in [0.29, 0.717) is 18.4 Å². The second kappa shape index (κ2) is 3.92. The number of hydrogen-bond donors (Lipinski definition) is 1. The number of phenolic OH excluding ortho intramolecular Hbond substituents is 1. The fourth-order valence-electron chi connectivity index (χ4n) is 1.75. The van der Waals surface area contributed by atoms with Crippen LogP contribution in [0.1, 0.15) is 18.4 Å². The largest absolute Gasteiger partial charge is 0.507 e. The molecule has 0 saturated heterocycles. The van der Waals surface area contributed by atoms with E-state index < -0.39 is 11.4 Å². The van der Waals surface area contributed by atoms with E-state index in [1.54, 1.807) is 6.26 Å². The lowest BCUT2D eigenvalue weighted by Gasteiger charge is -2.12. The van der Waals surface area contributed by atoms with Gasteiger partial charge in [0.1, 0.15) is 17.1 Å². The van der Waals surface area contributed by atoms with Crippen molar-refractivity contribution in [2.24, 2.45) is 4.99 Å². The molecule has 0 spiro atoms. The van der Waals surface area contributed by atoms with Crippen molar-refractivity contribution < 1.29 is 14.3 Å². The van der Waals surface area contributed by atoms with Crippen LogP contribution in [0.2, 0.25) is 0 Å². The molecule has 0 unspecified atom stereocenters. The number of thioether (sulfide) groups is 1. The Morgan fingerprint density at radius 3 is 2.75 bits per heavy atom. The van der Waals surface area contributed by atoms with Gasteiger partial charge in [-0.1, -0.05) is 0 Å². The summed E-state index contributed by atoms with van der Waals surface area (Å²) in [6.45, 7) is 0. The Balaban J connectivity index is 2.55. The van der Waals surface area contributed by atoms with Crippen molar-refractivity contribution in [3.05, 3.63) is 23.5 Å². The van der Waals surface area contributed by atoms with E-state index in [1.807, 2.05) is 0 Å². The zero-order valence-corrected chi connectivity index (χ0v) is 9.47. The highest BCUT2D eigenvalue weighted by Gasteiger charge is 2.47. The van der Waals surface area contributed by atoms with Crippen LogP contribution in [0.15, 0.2) is 22.0 Å². The number of benzene rings is 1. The molecule has 0 heterocycles. The first-order chi connectivity index (χ1) is 7.64. The molecule has 1 aromatic rings. The molecule has 0 amide bonds. The van der Waals surface area contributed by atoms with Crippen LogP contribution >= 0.6 is 11.8 Å². The molecule has 0 aliphatic heterocycles. The lowest BCUT2D eigenvalue weighted by atomic mass is 10.0. The Kier molecular flexibility index (Phi) is 2.74. The fourth-order valence-corrected chi connectivity index (χ4v) is 2.31. The number of aromatic hydroxyl groups is 1. The third kappa shape index (κ3) is 1.62. The number of isocyanates is 1. The number of hydrogen-bond acceptors (Lipinski definition) is 4. The van der Waals surface area contributed by atoms with E-state index in [9.17, 15) is 14.3 Å². The minimum atomic E-state index is -0.732. The van der Waals surface area contributed by atoms with E-state index in [2.05, 4.69) is 4.99 Å². The van der Waals surface area contributed by atoms with Crippen LogP contribution < -0.4 is 0 Å². The Morgan fingerprint density at radius 2 is 2.25 bits per heavy atom. The van der Waals surface area contributed by atoms with E-state index in [-0.39, 0.29) is 10.6 Å². The van der Waals surface area contributed by atoms with Gasteiger partial charge in [-0.3, -0.25) is 0 Å². The van der Waals surface area contributed by atoms with Gasteiger partial charge in [0.05, 0.1) is 4.90 Å². The minimum Gasteiger partial charge on any atom is -0.507 e. The van der Waals surface area contributed by atoms with Crippen LogP contribution in [-0.2, 0) is 10.3 Å². The smallest absolute Gasteiger partial charge is 0.235 e. The Labute approximate surface area is 96.4 Å². The van der Waals surface area contributed by atoms with Crippen LogP contribution in [0.4, 0.5) is 4.39 Å². The first-order valence-corrected chi connectivity index (χ1v) is 6.02. The number of halogens is 1. The van der Waals surface area contributed by atoms with Gasteiger partial charge < -0.3 is 5.11 Å². The number of nitrogens with zero attached hydrogens (tertiary/aromatic N) is 1. The van der Waals surface area contributed by atoms with Crippen LogP contribution in [-0.4, -0.2) is 17.4 Å². The summed E-state index contributed by atoms with van der Waals surface area (Å²) >= 11 is 1.13. The highest BCUT2D eigenvalue weighted by molar-refractivity contribution is 7.98. The van der Waals surface area contributed by atoms with Crippen molar-refractivity contribution in [2.75, 3.05) is 6.26 Å². The standard InChI is InChI=1S/C11H10FNO2S/c1-16-10-8(15)3-2-7(9(10)12)11(4-5-11)13-6-14/h2-3,15H,4-5H2,1H3. The van der Waals surface area contributed by atoms with Crippen molar-refractivity contribution in [3.63, 3.8) is 0 Å². The SMILES string of the molecule is CSc1c(O)ccc(C2(N=C=O)CC2)c1F. The summed E-state index contributed by atoms with van der Waals surface area (Å²) < 4.78 is 14.0. The quantitative estimate of drug-likeness (QED) is 0.501. The lowest BCUT2D eigenvalue weighted by Crippen LogP contribution is -2.06. The van der Waals surface area contributed by atoms with Gasteiger partial charge in [-0.15, -0.1) is 11.8 Å². The predicted octanol–water partition coefficient (Wildman–Crippen LogP) is 2.58. The monoisotopic (exact) mass is 239 g/mol. The van der Waals surface area contributed by atoms with Crippen LogP contribution in [0.25, 0.3) is 0 Å². The van der Waals surface area contributed by atoms with Crippen LogP contribution in [0.3, 0.4) is 0 Å². The normalized spacial score (nSPS) is 16.6. The summed E-state index contributed by atoms with van der Waals surface area (Å²) in [4.78, 5) is 14.2. The van der Waals surface area contributed by atoms with Gasteiger partial charge in [0.2, 0.25) is 6.08 Å². The molecule has 1 saturated carbocycles. The van der Waals surface area contributed by atoms with Crippen molar-refractivity contribution in [1.29, 1.82) is 0 Å². The Morgan fingerprint density at radius 1 is 1.56 bits per heavy atom. The maximum Gasteiger partial charge on any atom is 0.235 e. The molecule has 0 bridgehead atoms. The van der Waals surface area contributed by atoms with Crippen molar-refractivity contribution in [2.45, 2.75) is 23.3 Å². The molecule has 3 nitrogen and oxygen atoms in total. The molecule has 1 N–H and O–H groups in total. The highest BCUT2D eigenvalue weighted by Crippen LogP contribution is 2.51. The van der Waals surface area contributed by atoms with Crippen molar-refractivity contribution >= 4 is 17.8 Å². The maximum atomic E-state index is 14.0. The van der Waals surface area contributed by atoms with Crippen LogP contribution in [0, 0.1) is 5.82 Å². The molecule has 5 heteroatoms. The third-order valence-electron chi connectivity index (χ3n) is 2.77. The molecule has 16 heavy (non-hydrogen) atoms. The summed E-state index contributed by atoms with van der Waals surface area (Å²) in [5.41, 5.74) is -0.359. The molecule has 1 aliphatic carbocycles. The fraction of sp³-hybridized carbons (Fsp3) is 0.364. The molecular weight excluding hydrogens is 229 g/mol.